The van der Waals surface area contributed by atoms with Crippen LogP contribution in [0, 0.1) is 0 Å². The van der Waals surface area contributed by atoms with Crippen LogP contribution in [0.1, 0.15) is 18.1 Å². The van der Waals surface area contributed by atoms with Crippen molar-refractivity contribution in [2.24, 2.45) is 0 Å². The fourth-order valence-corrected chi connectivity index (χ4v) is 3.53. The molecule has 0 saturated heterocycles. The van der Waals surface area contributed by atoms with Gasteiger partial charge in [0, 0.05) is 10.9 Å². The fraction of sp³-hybridized carbons (Fsp3) is 0.200. The van der Waals surface area contributed by atoms with Gasteiger partial charge in [0.25, 0.3) is 0 Å². The molecule has 0 atom stereocenters. The van der Waals surface area contributed by atoms with Crippen LogP contribution in [0.5, 0.6) is 0 Å². The van der Waals surface area contributed by atoms with E-state index in [1.807, 2.05) is 36.4 Å². The molecular formula is C15H15BrN4O2S. The monoisotopic (exact) mass is 394 g/mol. The number of nitrogens with one attached hydrogen (secondary N) is 2. The lowest BCUT2D eigenvalue weighted by molar-refractivity contribution is 0.602. The highest BCUT2D eigenvalue weighted by Crippen LogP contribution is 2.34. The molecule has 0 aliphatic rings. The van der Waals surface area contributed by atoms with Gasteiger partial charge in [0.05, 0.1) is 11.4 Å². The van der Waals surface area contributed by atoms with E-state index in [0.717, 1.165) is 15.6 Å². The van der Waals surface area contributed by atoms with Crippen LogP contribution in [-0.4, -0.2) is 29.6 Å². The highest BCUT2D eigenvalue weighted by atomic mass is 79.9. The zero-order valence-electron chi connectivity index (χ0n) is 12.4. The van der Waals surface area contributed by atoms with E-state index < -0.39 is 10.0 Å². The number of sulfonamides is 1. The number of hydrogen-bond donors (Lipinski definition) is 2. The molecular weight excluding hydrogens is 380 g/mol. The molecule has 0 unspecified atom stereocenters. The van der Waals surface area contributed by atoms with Gasteiger partial charge >= 0.3 is 0 Å². The number of benzene rings is 2. The van der Waals surface area contributed by atoms with Crippen LogP contribution in [0.4, 0.5) is 5.69 Å². The largest absolute Gasteiger partial charge is 0.281 e. The van der Waals surface area contributed by atoms with Crippen molar-refractivity contribution >= 4 is 42.7 Å². The Kier molecular flexibility index (Phi) is 4.36. The maximum absolute atomic E-state index is 12.1. The molecule has 3 rings (SSSR count). The van der Waals surface area contributed by atoms with Gasteiger partial charge in [0.2, 0.25) is 10.0 Å². The summed E-state index contributed by atoms with van der Waals surface area (Å²) in [5, 5.41) is 10.7. The Labute approximate surface area is 142 Å². The van der Waals surface area contributed by atoms with Crippen LogP contribution in [0.15, 0.2) is 40.9 Å². The van der Waals surface area contributed by atoms with Crippen LogP contribution >= 0.6 is 15.9 Å². The first-order valence-corrected chi connectivity index (χ1v) is 9.51. The summed E-state index contributed by atoms with van der Waals surface area (Å²) in [6.45, 7) is 1.59. The van der Waals surface area contributed by atoms with Crippen LogP contribution in [0.2, 0.25) is 0 Å². The molecule has 0 aliphatic carbocycles. The Hall–Kier alpha value is -1.93. The number of H-pyrrole nitrogens is 1. The molecule has 3 aromatic rings. The quantitative estimate of drug-likeness (QED) is 0.695. The Morgan fingerprint density at radius 3 is 2.65 bits per heavy atom. The summed E-state index contributed by atoms with van der Waals surface area (Å²) in [7, 11) is -3.43. The van der Waals surface area contributed by atoms with Crippen LogP contribution in [0.25, 0.3) is 11.0 Å². The van der Waals surface area contributed by atoms with Gasteiger partial charge in [0.1, 0.15) is 11.0 Å². The number of anilines is 1. The molecule has 0 spiro atoms. The van der Waals surface area contributed by atoms with Gasteiger partial charge in [-0.25, -0.2) is 8.42 Å². The third-order valence-corrected chi connectivity index (χ3v) is 5.51. The number of rotatable bonds is 5. The van der Waals surface area contributed by atoms with Crippen molar-refractivity contribution in [2.75, 3.05) is 10.5 Å². The average Bonchev–Trinajstić information content (AvgIpc) is 2.99. The minimum atomic E-state index is -3.43. The van der Waals surface area contributed by atoms with Gasteiger partial charge in [-0.1, -0.05) is 46.3 Å². The third-order valence-electron chi connectivity index (χ3n) is 3.53. The van der Waals surface area contributed by atoms with Crippen molar-refractivity contribution in [2.45, 2.75) is 13.3 Å². The molecule has 8 heteroatoms. The summed E-state index contributed by atoms with van der Waals surface area (Å²) in [5.41, 5.74) is 3.48. The predicted molar refractivity (Wildman–Crippen MR) is 93.9 cm³/mol. The molecule has 0 radical (unpaired) electrons. The second-order valence-corrected chi connectivity index (χ2v) is 7.94. The van der Waals surface area contributed by atoms with Gasteiger partial charge in [-0.2, -0.15) is 15.4 Å². The molecule has 2 aromatic carbocycles. The molecule has 0 bridgehead atoms. The lowest BCUT2D eigenvalue weighted by atomic mass is 10.0. The molecule has 120 valence electrons. The number of hydrogen-bond acceptors (Lipinski definition) is 4. The molecule has 1 aromatic heterocycles. The Bertz CT molecular complexity index is 939. The first-order valence-electron chi connectivity index (χ1n) is 7.06. The van der Waals surface area contributed by atoms with Crippen molar-refractivity contribution in [1.29, 1.82) is 0 Å². The van der Waals surface area contributed by atoms with E-state index in [9.17, 15) is 8.42 Å². The van der Waals surface area contributed by atoms with Crippen LogP contribution in [-0.2, 0) is 16.4 Å². The highest BCUT2D eigenvalue weighted by molar-refractivity contribution is 9.10. The number of aromatic nitrogens is 3. The van der Waals surface area contributed by atoms with Gasteiger partial charge in [-0.15, -0.1) is 0 Å². The summed E-state index contributed by atoms with van der Waals surface area (Å²) >= 11 is 3.52. The van der Waals surface area contributed by atoms with Crippen LogP contribution < -0.4 is 4.72 Å². The van der Waals surface area contributed by atoms with Gasteiger partial charge in [-0.05, 0) is 24.1 Å². The lowest BCUT2D eigenvalue weighted by Crippen LogP contribution is -2.16. The lowest BCUT2D eigenvalue weighted by Gasteiger charge is -2.14. The zero-order valence-corrected chi connectivity index (χ0v) is 14.8. The van der Waals surface area contributed by atoms with Crippen LogP contribution in [0.3, 0.4) is 0 Å². The summed E-state index contributed by atoms with van der Waals surface area (Å²) in [4.78, 5) is 0. The predicted octanol–water partition coefficient (Wildman–Crippen LogP) is 3.07. The zero-order chi connectivity index (χ0) is 16.4. The summed E-state index contributed by atoms with van der Waals surface area (Å²) in [6.07, 6.45) is 0.575. The Balaban J connectivity index is 2.16. The topological polar surface area (TPSA) is 87.7 Å². The highest BCUT2D eigenvalue weighted by Gasteiger charge is 2.19. The van der Waals surface area contributed by atoms with Crippen molar-refractivity contribution in [3.05, 3.63) is 52.0 Å². The van der Waals surface area contributed by atoms with E-state index in [4.69, 9.17) is 0 Å². The molecule has 0 amide bonds. The first kappa shape index (κ1) is 15.9. The van der Waals surface area contributed by atoms with Gasteiger partial charge in [-0.3, -0.25) is 4.72 Å². The van der Waals surface area contributed by atoms with E-state index in [1.165, 1.54) is 0 Å². The first-order chi connectivity index (χ1) is 11.0. The fourth-order valence-electron chi connectivity index (χ4n) is 2.30. The van der Waals surface area contributed by atoms with Gasteiger partial charge in [0.15, 0.2) is 0 Å². The summed E-state index contributed by atoms with van der Waals surface area (Å²) < 4.78 is 27.6. The third kappa shape index (κ3) is 3.37. The van der Waals surface area contributed by atoms with Crippen molar-refractivity contribution in [3.8, 4) is 0 Å². The van der Waals surface area contributed by atoms with E-state index in [2.05, 4.69) is 36.1 Å². The SMILES string of the molecule is CCS(=O)(=O)Nc1c(Cc2ccccc2)c(Br)cc2n[nH]nc12. The van der Waals surface area contributed by atoms with Gasteiger partial charge < -0.3 is 0 Å². The van der Waals surface area contributed by atoms with Crippen molar-refractivity contribution < 1.29 is 8.42 Å². The number of nitrogens with zero attached hydrogens (tertiary/aromatic N) is 2. The summed E-state index contributed by atoms with van der Waals surface area (Å²) in [6, 6.07) is 11.7. The Morgan fingerprint density at radius 2 is 1.96 bits per heavy atom. The Morgan fingerprint density at radius 1 is 1.22 bits per heavy atom. The maximum Gasteiger partial charge on any atom is 0.232 e. The second kappa shape index (κ2) is 6.29. The van der Waals surface area contributed by atoms with E-state index in [1.54, 1.807) is 6.92 Å². The van der Waals surface area contributed by atoms with Crippen molar-refractivity contribution in [1.82, 2.24) is 15.4 Å². The number of aromatic amines is 1. The molecule has 0 saturated carbocycles. The number of fused-ring (bicyclic) bond motifs is 1. The minimum absolute atomic E-state index is 0.0103. The smallest absolute Gasteiger partial charge is 0.232 e. The molecule has 0 aliphatic heterocycles. The average molecular weight is 395 g/mol. The summed E-state index contributed by atoms with van der Waals surface area (Å²) in [5.74, 6) is -0.0103. The molecule has 1 heterocycles. The standard InChI is InChI=1S/C15H15BrN4O2S/c1-2-23(21,22)19-14-11(8-10-6-4-3-5-7-10)12(16)9-13-15(14)18-20-17-13/h3-7,9,19H,2,8H2,1H3,(H,17,18,20). The molecule has 2 N–H and O–H groups in total. The maximum atomic E-state index is 12.1. The van der Waals surface area contributed by atoms with E-state index in [-0.39, 0.29) is 5.75 Å². The van der Waals surface area contributed by atoms with E-state index >= 15 is 0 Å². The normalized spacial score (nSPS) is 11.7. The molecule has 6 nitrogen and oxygen atoms in total. The minimum Gasteiger partial charge on any atom is -0.281 e. The molecule has 0 fully saturated rings. The van der Waals surface area contributed by atoms with Crippen molar-refractivity contribution in [3.63, 3.8) is 0 Å². The number of halogens is 1. The van der Waals surface area contributed by atoms with E-state index in [0.29, 0.717) is 23.1 Å². The second-order valence-electron chi connectivity index (χ2n) is 5.07. The molecule has 23 heavy (non-hydrogen) atoms.